The second kappa shape index (κ2) is 19.5. The molecule has 1 saturated heterocycles. The lowest BCUT2D eigenvalue weighted by Gasteiger charge is -2.20. The number of amides is 1. The van der Waals surface area contributed by atoms with E-state index in [1.54, 1.807) is 72.8 Å². The van der Waals surface area contributed by atoms with E-state index in [9.17, 15) is 18.0 Å². The molecule has 296 valence electrons. The average molecular weight is 790 g/mol. The number of carbonyl (C=O) groups excluding carboxylic acids is 2. The van der Waals surface area contributed by atoms with Gasteiger partial charge in [0.1, 0.15) is 29.5 Å². The van der Waals surface area contributed by atoms with Crippen molar-refractivity contribution in [3.05, 3.63) is 96.1 Å². The van der Waals surface area contributed by atoms with Crippen LogP contribution in [0.2, 0.25) is 0 Å². The fourth-order valence-corrected chi connectivity index (χ4v) is 6.53. The number of benzene rings is 4. The van der Waals surface area contributed by atoms with Gasteiger partial charge in [0.2, 0.25) is 5.75 Å². The first-order valence-corrected chi connectivity index (χ1v) is 19.5. The maximum Gasteiger partial charge on any atom is 0.539 e. The minimum absolute atomic E-state index is 0.0409. The van der Waals surface area contributed by atoms with Crippen molar-refractivity contribution < 1.29 is 60.7 Å². The lowest BCUT2D eigenvalue weighted by Crippen LogP contribution is -2.37. The molecule has 2 atom stereocenters. The van der Waals surface area contributed by atoms with E-state index < -0.39 is 34.7 Å². The van der Waals surface area contributed by atoms with Crippen molar-refractivity contribution in [2.45, 2.75) is 43.3 Å². The van der Waals surface area contributed by atoms with Gasteiger partial charge >= 0.3 is 12.2 Å². The topological polar surface area (TPSA) is 155 Å². The number of para-hydroxylation sites is 2. The minimum Gasteiger partial charge on any atom is -0.493 e. The molecule has 0 aliphatic carbocycles. The number of nitrogens with zero attached hydrogens (tertiary/aromatic N) is 1. The van der Waals surface area contributed by atoms with E-state index >= 15 is 0 Å². The first-order valence-electron chi connectivity index (χ1n) is 17.6. The van der Waals surface area contributed by atoms with Gasteiger partial charge in [-0.25, -0.2) is 18.0 Å². The van der Waals surface area contributed by atoms with Crippen LogP contribution in [0.5, 0.6) is 40.2 Å². The van der Waals surface area contributed by atoms with Crippen molar-refractivity contribution in [2.24, 2.45) is 0 Å². The highest BCUT2D eigenvalue weighted by Gasteiger charge is 2.32. The first kappa shape index (κ1) is 41.1. The highest BCUT2D eigenvalue weighted by atomic mass is 32.2. The second-order valence-electron chi connectivity index (χ2n) is 12.2. The van der Waals surface area contributed by atoms with Gasteiger partial charge in [-0.15, -0.1) is 5.06 Å². The number of methoxy groups -OCH3 is 3. The number of hydrogen-bond acceptors (Lipinski definition) is 13. The molecule has 1 amide bonds. The second-order valence-corrected chi connectivity index (χ2v) is 14.2. The van der Waals surface area contributed by atoms with Crippen LogP contribution in [0.15, 0.2) is 89.8 Å². The van der Waals surface area contributed by atoms with Gasteiger partial charge in [-0.2, -0.15) is 0 Å². The van der Waals surface area contributed by atoms with Crippen molar-refractivity contribution in [1.29, 1.82) is 0 Å². The summed E-state index contributed by atoms with van der Waals surface area (Å²) in [6.07, 6.45) is -0.182. The van der Waals surface area contributed by atoms with Crippen LogP contribution in [0.25, 0.3) is 0 Å². The molecular weight excluding hydrogens is 747 g/mol. The van der Waals surface area contributed by atoms with Gasteiger partial charge in [0.25, 0.3) is 0 Å². The van der Waals surface area contributed by atoms with Crippen molar-refractivity contribution >= 4 is 22.1 Å². The molecule has 0 spiro atoms. The number of rotatable bonds is 14. The van der Waals surface area contributed by atoms with Crippen LogP contribution in [0, 0.1) is 11.8 Å². The summed E-state index contributed by atoms with van der Waals surface area (Å²) in [6, 6.07) is 23.2. The molecule has 1 aliphatic heterocycles. The largest absolute Gasteiger partial charge is 0.539 e. The third kappa shape index (κ3) is 10.8. The lowest BCUT2D eigenvalue weighted by molar-refractivity contribution is -0.0807. The van der Waals surface area contributed by atoms with Crippen LogP contribution in [0.4, 0.5) is 9.59 Å². The number of sulfone groups is 1. The Bertz CT molecular complexity index is 2110. The number of ether oxygens (including phenoxy) is 8. The van der Waals surface area contributed by atoms with Crippen LogP contribution >= 0.6 is 0 Å². The van der Waals surface area contributed by atoms with Crippen molar-refractivity contribution in [2.75, 3.05) is 47.3 Å². The van der Waals surface area contributed by atoms with E-state index in [-0.39, 0.29) is 47.2 Å². The summed E-state index contributed by atoms with van der Waals surface area (Å²) in [4.78, 5) is 30.7. The lowest BCUT2D eigenvalue weighted by atomic mass is 10.0. The van der Waals surface area contributed by atoms with E-state index in [1.165, 1.54) is 21.3 Å². The Morgan fingerprint density at radius 3 is 1.88 bits per heavy atom. The standard InChI is InChI=1S/C41H43NO13S/c1-6-22-51-39-36(50-23-14-13-21-42(40(43)52-30-15-9-7-10-16-30)55-41(44)53-31-17-11-8-12-18-31)26-29(27-37(39)56(5,45)46)33-20-19-32(54-33)28-24-34(47-2)38(49-4)35(25-28)48-3/h7-12,15-18,24-27,32-33H,6,19-23H2,1-5H3/t32-,33-/m0/s1. The minimum atomic E-state index is -3.81. The molecule has 1 fully saturated rings. The summed E-state index contributed by atoms with van der Waals surface area (Å²) in [7, 11) is 0.788. The van der Waals surface area contributed by atoms with Crippen molar-refractivity contribution in [3.8, 4) is 52.1 Å². The number of hydroxylamine groups is 2. The van der Waals surface area contributed by atoms with Crippen LogP contribution in [-0.2, 0) is 19.4 Å². The summed E-state index contributed by atoms with van der Waals surface area (Å²) in [5, 5.41) is 0.602. The molecule has 0 unspecified atom stereocenters. The number of carbonyl (C=O) groups is 2. The van der Waals surface area contributed by atoms with Gasteiger partial charge in [-0.1, -0.05) is 55.2 Å². The zero-order valence-corrected chi connectivity index (χ0v) is 32.5. The fourth-order valence-electron chi connectivity index (χ4n) is 5.69. The molecule has 1 aliphatic rings. The Morgan fingerprint density at radius 2 is 1.32 bits per heavy atom. The van der Waals surface area contributed by atoms with E-state index in [4.69, 9.17) is 42.7 Å². The van der Waals surface area contributed by atoms with Crippen LogP contribution in [0.1, 0.15) is 49.5 Å². The molecule has 1 heterocycles. The predicted octanol–water partition coefficient (Wildman–Crippen LogP) is 7.51. The van der Waals surface area contributed by atoms with Gasteiger partial charge in [0, 0.05) is 6.26 Å². The van der Waals surface area contributed by atoms with E-state index in [0.29, 0.717) is 47.1 Å². The smallest absolute Gasteiger partial charge is 0.493 e. The Balaban J connectivity index is 1.36. The molecule has 0 aromatic heterocycles. The van der Waals surface area contributed by atoms with E-state index in [0.717, 1.165) is 11.8 Å². The molecule has 15 heteroatoms. The maximum atomic E-state index is 13.1. The van der Waals surface area contributed by atoms with Crippen molar-refractivity contribution in [3.63, 3.8) is 0 Å². The van der Waals surface area contributed by atoms with Crippen LogP contribution < -0.4 is 33.2 Å². The van der Waals surface area contributed by atoms with E-state index in [2.05, 4.69) is 11.8 Å². The number of hydrogen-bond donors (Lipinski definition) is 0. The normalized spacial score (nSPS) is 14.7. The first-order chi connectivity index (χ1) is 27.0. The highest BCUT2D eigenvalue weighted by Crippen LogP contribution is 2.48. The van der Waals surface area contributed by atoms with Gasteiger partial charge in [0.15, 0.2) is 32.8 Å². The molecule has 4 aromatic rings. The van der Waals surface area contributed by atoms with Crippen LogP contribution in [-0.4, -0.2) is 73.1 Å². The highest BCUT2D eigenvalue weighted by molar-refractivity contribution is 7.90. The third-order valence-corrected chi connectivity index (χ3v) is 9.37. The monoisotopic (exact) mass is 789 g/mol. The SMILES string of the molecule is CCCOc1c(OCC#CCN(OC(=O)Oc2ccccc2)C(=O)Oc2ccccc2)cc([C@@H]2CC[C@@H](c3cc(OC)c(OC)c(OC)c3)O2)cc1S(C)(=O)=O. The Kier molecular flexibility index (Phi) is 14.3. The molecule has 0 saturated carbocycles. The Hall–Kier alpha value is -6.11. The quantitative estimate of drug-likeness (QED) is 0.0536. The average Bonchev–Trinajstić information content (AvgIpc) is 3.70. The maximum absolute atomic E-state index is 13.1. The predicted molar refractivity (Wildman–Crippen MR) is 203 cm³/mol. The third-order valence-electron chi connectivity index (χ3n) is 8.27. The molecule has 56 heavy (non-hydrogen) atoms. The zero-order chi connectivity index (χ0) is 40.1. The Labute approximate surface area is 325 Å². The summed E-state index contributed by atoms with van der Waals surface area (Å²) in [5.74, 6) is 7.50. The van der Waals surface area contributed by atoms with Gasteiger partial charge in [-0.3, -0.25) is 4.84 Å². The molecule has 0 N–H and O–H groups in total. The summed E-state index contributed by atoms with van der Waals surface area (Å²) < 4.78 is 71.7. The summed E-state index contributed by atoms with van der Waals surface area (Å²) in [5.41, 5.74) is 1.37. The Morgan fingerprint density at radius 1 is 0.750 bits per heavy atom. The van der Waals surface area contributed by atoms with E-state index in [1.807, 2.05) is 19.1 Å². The molecule has 0 radical (unpaired) electrons. The fraction of sp³-hybridized carbons (Fsp3) is 0.317. The van der Waals surface area contributed by atoms with Crippen LogP contribution in [0.3, 0.4) is 0 Å². The molecule has 4 aromatic carbocycles. The molecular formula is C41H43NO13S. The summed E-state index contributed by atoms with van der Waals surface area (Å²) >= 11 is 0. The van der Waals surface area contributed by atoms with Crippen molar-refractivity contribution in [1.82, 2.24) is 5.06 Å². The van der Waals surface area contributed by atoms with Gasteiger partial charge in [-0.05, 0) is 78.9 Å². The van der Waals surface area contributed by atoms with Gasteiger partial charge in [0.05, 0.1) is 40.1 Å². The molecule has 14 nitrogen and oxygen atoms in total. The zero-order valence-electron chi connectivity index (χ0n) is 31.6. The molecule has 5 rings (SSSR count). The molecule has 0 bridgehead atoms. The summed E-state index contributed by atoms with van der Waals surface area (Å²) in [6.45, 7) is 1.43. The van der Waals surface area contributed by atoms with Gasteiger partial charge < -0.3 is 37.9 Å².